The zero-order chi connectivity index (χ0) is 14.4. The maximum absolute atomic E-state index is 11.6. The summed E-state index contributed by atoms with van der Waals surface area (Å²) in [5.41, 5.74) is 8.13. The first-order chi connectivity index (χ1) is 9.72. The Hall–Kier alpha value is -1.75. The molecule has 0 radical (unpaired) electrons. The van der Waals surface area contributed by atoms with Crippen molar-refractivity contribution in [2.24, 2.45) is 5.73 Å². The lowest BCUT2D eigenvalue weighted by Gasteiger charge is -2.28. The molecule has 0 atom stereocenters. The predicted octanol–water partition coefficient (Wildman–Crippen LogP) is 1.18. The van der Waals surface area contributed by atoms with Crippen molar-refractivity contribution in [2.45, 2.75) is 13.3 Å². The number of hydrogen-bond donors (Lipinski definition) is 2. The number of rotatable bonds is 7. The number of nitrogens with one attached hydrogen (secondary N) is 1. The van der Waals surface area contributed by atoms with Gasteiger partial charge < -0.3 is 20.9 Å². The van der Waals surface area contributed by atoms with Crippen LogP contribution in [-0.4, -0.2) is 50.2 Å². The molecule has 2 rings (SSSR count). The molecule has 1 heterocycles. The molecule has 1 saturated heterocycles. The van der Waals surface area contributed by atoms with Crippen LogP contribution in [0.2, 0.25) is 0 Å². The maximum atomic E-state index is 11.6. The van der Waals surface area contributed by atoms with Gasteiger partial charge in [0.05, 0.1) is 0 Å². The smallest absolute Gasteiger partial charge is 0.317 e. The molecule has 2 amide bonds. The quantitative estimate of drug-likeness (QED) is 0.786. The van der Waals surface area contributed by atoms with Crippen LogP contribution in [0.3, 0.4) is 0 Å². The Bertz CT molecular complexity index is 449. The number of nitrogens with zero attached hydrogens (tertiary/aromatic N) is 2. The summed E-state index contributed by atoms with van der Waals surface area (Å²) in [7, 11) is 0. The number of para-hydroxylation sites is 1. The van der Waals surface area contributed by atoms with Crippen molar-refractivity contribution in [1.82, 2.24) is 10.2 Å². The molecule has 5 heteroatoms. The Morgan fingerprint density at radius 2 is 2.15 bits per heavy atom. The largest absolute Gasteiger partial charge is 0.369 e. The number of nitrogens with two attached hydrogens (primary N) is 1. The number of amides is 2. The van der Waals surface area contributed by atoms with Gasteiger partial charge in [-0.3, -0.25) is 0 Å². The molecule has 20 heavy (non-hydrogen) atoms. The minimum Gasteiger partial charge on any atom is -0.369 e. The average molecular weight is 276 g/mol. The lowest BCUT2D eigenvalue weighted by atomic mass is 10.1. The van der Waals surface area contributed by atoms with Crippen LogP contribution in [0.1, 0.15) is 12.0 Å². The molecule has 0 aromatic heterocycles. The van der Waals surface area contributed by atoms with Crippen molar-refractivity contribution in [1.29, 1.82) is 0 Å². The highest BCUT2D eigenvalue weighted by Gasteiger charge is 2.20. The van der Waals surface area contributed by atoms with Crippen molar-refractivity contribution >= 4 is 11.7 Å². The standard InChI is InChI=1S/C15H24N4O/c1-13-5-2-3-6-14(13)18(9-4-7-16)11-12-19-10-8-17-15(19)20/h2-3,5-6H,4,7-12,16H2,1H3,(H,17,20). The number of aryl methyl sites for hydroxylation is 1. The second-order valence-electron chi connectivity index (χ2n) is 5.13. The van der Waals surface area contributed by atoms with Gasteiger partial charge in [-0.05, 0) is 31.5 Å². The number of carbonyl (C=O) groups is 1. The molecule has 0 bridgehead atoms. The predicted molar refractivity (Wildman–Crippen MR) is 82.0 cm³/mol. The van der Waals surface area contributed by atoms with Gasteiger partial charge in [-0.25, -0.2) is 4.79 Å². The van der Waals surface area contributed by atoms with Gasteiger partial charge in [-0.2, -0.15) is 0 Å². The molecule has 3 N–H and O–H groups in total. The van der Waals surface area contributed by atoms with E-state index in [1.807, 2.05) is 11.0 Å². The third kappa shape index (κ3) is 3.63. The van der Waals surface area contributed by atoms with Crippen molar-refractivity contribution in [3.8, 4) is 0 Å². The van der Waals surface area contributed by atoms with Crippen LogP contribution in [0.15, 0.2) is 24.3 Å². The molecule has 1 fully saturated rings. The second-order valence-corrected chi connectivity index (χ2v) is 5.13. The molecule has 0 saturated carbocycles. The fraction of sp³-hybridized carbons (Fsp3) is 0.533. The van der Waals surface area contributed by atoms with Crippen molar-refractivity contribution in [3.63, 3.8) is 0 Å². The van der Waals surface area contributed by atoms with E-state index in [2.05, 4.69) is 35.3 Å². The molecule has 1 aromatic carbocycles. The third-order valence-corrected chi connectivity index (χ3v) is 3.67. The summed E-state index contributed by atoms with van der Waals surface area (Å²) in [6.45, 7) is 6.89. The Morgan fingerprint density at radius 3 is 2.80 bits per heavy atom. The molecule has 110 valence electrons. The van der Waals surface area contributed by atoms with Crippen molar-refractivity contribution in [3.05, 3.63) is 29.8 Å². The summed E-state index contributed by atoms with van der Waals surface area (Å²) in [5.74, 6) is 0. The van der Waals surface area contributed by atoms with E-state index in [1.54, 1.807) is 0 Å². The molecule has 1 aliphatic rings. The monoisotopic (exact) mass is 276 g/mol. The zero-order valence-electron chi connectivity index (χ0n) is 12.1. The van der Waals surface area contributed by atoms with Gasteiger partial charge in [0.25, 0.3) is 0 Å². The van der Waals surface area contributed by atoms with Crippen LogP contribution in [0.25, 0.3) is 0 Å². The highest BCUT2D eigenvalue weighted by Crippen LogP contribution is 2.19. The SMILES string of the molecule is Cc1ccccc1N(CCCN)CCN1CCNC1=O. The average Bonchev–Trinajstić information content (AvgIpc) is 2.86. The Morgan fingerprint density at radius 1 is 1.35 bits per heavy atom. The van der Waals surface area contributed by atoms with E-state index in [4.69, 9.17) is 5.73 Å². The maximum Gasteiger partial charge on any atom is 0.317 e. The van der Waals surface area contributed by atoms with E-state index in [9.17, 15) is 4.79 Å². The van der Waals surface area contributed by atoms with E-state index < -0.39 is 0 Å². The topological polar surface area (TPSA) is 61.6 Å². The summed E-state index contributed by atoms with van der Waals surface area (Å²) in [5, 5.41) is 2.84. The molecule has 1 aromatic rings. The summed E-state index contributed by atoms with van der Waals surface area (Å²) in [6.07, 6.45) is 0.959. The Balaban J connectivity index is 2.00. The molecular formula is C15H24N4O. The summed E-state index contributed by atoms with van der Waals surface area (Å²) >= 11 is 0. The zero-order valence-corrected chi connectivity index (χ0v) is 12.1. The van der Waals surface area contributed by atoms with Gasteiger partial charge in [-0.15, -0.1) is 0 Å². The van der Waals surface area contributed by atoms with Gasteiger partial charge in [0.1, 0.15) is 0 Å². The van der Waals surface area contributed by atoms with Crippen LogP contribution in [0.5, 0.6) is 0 Å². The second kappa shape index (κ2) is 7.14. The molecule has 5 nitrogen and oxygen atoms in total. The van der Waals surface area contributed by atoms with Crippen LogP contribution in [0.4, 0.5) is 10.5 Å². The van der Waals surface area contributed by atoms with E-state index in [0.717, 1.165) is 39.1 Å². The molecular weight excluding hydrogens is 252 g/mol. The first kappa shape index (κ1) is 14.7. The fourth-order valence-corrected chi connectivity index (χ4v) is 2.52. The summed E-state index contributed by atoms with van der Waals surface area (Å²) < 4.78 is 0. The van der Waals surface area contributed by atoms with Gasteiger partial charge in [0, 0.05) is 38.4 Å². The van der Waals surface area contributed by atoms with Crippen LogP contribution in [0, 0.1) is 6.92 Å². The number of urea groups is 1. The first-order valence-corrected chi connectivity index (χ1v) is 7.26. The normalized spacial score (nSPS) is 14.5. The summed E-state index contributed by atoms with van der Waals surface area (Å²) in [4.78, 5) is 15.8. The minimum atomic E-state index is 0.0496. The van der Waals surface area contributed by atoms with Crippen molar-refractivity contribution in [2.75, 3.05) is 44.2 Å². The number of hydrogen-bond acceptors (Lipinski definition) is 3. The minimum absolute atomic E-state index is 0.0496. The molecule has 0 spiro atoms. The third-order valence-electron chi connectivity index (χ3n) is 3.67. The van der Waals surface area contributed by atoms with Gasteiger partial charge in [0.2, 0.25) is 0 Å². The molecule has 0 unspecified atom stereocenters. The van der Waals surface area contributed by atoms with Gasteiger partial charge in [0.15, 0.2) is 0 Å². The Kier molecular flexibility index (Phi) is 5.24. The number of carbonyl (C=O) groups excluding carboxylic acids is 1. The Labute approximate surface area is 120 Å². The van der Waals surface area contributed by atoms with E-state index in [0.29, 0.717) is 6.54 Å². The molecule has 0 aliphatic carbocycles. The lowest BCUT2D eigenvalue weighted by Crippen LogP contribution is -2.38. The van der Waals surface area contributed by atoms with E-state index in [-0.39, 0.29) is 6.03 Å². The van der Waals surface area contributed by atoms with Crippen LogP contribution < -0.4 is 16.0 Å². The van der Waals surface area contributed by atoms with Crippen LogP contribution in [-0.2, 0) is 0 Å². The summed E-state index contributed by atoms with van der Waals surface area (Å²) in [6, 6.07) is 8.41. The van der Waals surface area contributed by atoms with Crippen molar-refractivity contribution < 1.29 is 4.79 Å². The number of anilines is 1. The first-order valence-electron chi connectivity index (χ1n) is 7.26. The van der Waals surface area contributed by atoms with Gasteiger partial charge in [-0.1, -0.05) is 18.2 Å². The fourth-order valence-electron chi connectivity index (χ4n) is 2.52. The van der Waals surface area contributed by atoms with Gasteiger partial charge >= 0.3 is 6.03 Å². The highest BCUT2D eigenvalue weighted by atomic mass is 16.2. The van der Waals surface area contributed by atoms with E-state index in [1.165, 1.54) is 11.3 Å². The highest BCUT2D eigenvalue weighted by molar-refractivity contribution is 5.76. The number of benzene rings is 1. The van der Waals surface area contributed by atoms with E-state index >= 15 is 0 Å². The van der Waals surface area contributed by atoms with Crippen LogP contribution >= 0.6 is 0 Å². The molecule has 1 aliphatic heterocycles. The lowest BCUT2D eigenvalue weighted by molar-refractivity contribution is 0.218.